The summed E-state index contributed by atoms with van der Waals surface area (Å²) in [4.78, 5) is 27.2. The fourth-order valence-electron chi connectivity index (χ4n) is 10.7. The molecule has 296 valence electrons. The topological polar surface area (TPSA) is 71.1 Å². The molecule has 0 heterocycles. The van der Waals surface area contributed by atoms with Gasteiger partial charge in [-0.1, -0.05) is 123 Å². The second-order valence-corrected chi connectivity index (χ2v) is 19.7. The Morgan fingerprint density at radius 2 is 0.852 bits per heavy atom. The number of fused-ring (bicyclic) bond motifs is 2. The van der Waals surface area contributed by atoms with Crippen LogP contribution < -0.4 is 18.9 Å². The van der Waals surface area contributed by atoms with Gasteiger partial charge in [-0.05, 0) is 84.7 Å². The van der Waals surface area contributed by atoms with Crippen molar-refractivity contribution in [1.29, 1.82) is 0 Å². The van der Waals surface area contributed by atoms with Crippen LogP contribution in [0.2, 0.25) is 0 Å². The van der Waals surface area contributed by atoms with Crippen LogP contribution in [0.5, 0.6) is 23.0 Å². The van der Waals surface area contributed by atoms with Gasteiger partial charge in [0.05, 0.1) is 40.3 Å². The summed E-state index contributed by atoms with van der Waals surface area (Å²) in [6, 6.07) is 7.84. The second-order valence-electron chi connectivity index (χ2n) is 17.9. The molecule has 2 saturated carbocycles. The standard InChI is InChI=1S/2C23H31BrO3/c2*1-14-8-9-19-22(2,3)10-7-11-23(19,4)20(21(14)25)15-12-17(26-5)18(27-6)13-16(15)24/h2*9,12-14,20H,7-8,10-11H2,1-6H3/t2*14?,20?,23-/m10/s1. The van der Waals surface area contributed by atoms with Gasteiger partial charge in [0, 0.05) is 31.6 Å². The van der Waals surface area contributed by atoms with Gasteiger partial charge in [-0.25, -0.2) is 0 Å². The lowest BCUT2D eigenvalue weighted by atomic mass is 9.54. The monoisotopic (exact) mass is 868 g/mol. The number of carbonyl (C=O) groups is 2. The summed E-state index contributed by atoms with van der Waals surface area (Å²) >= 11 is 7.44. The van der Waals surface area contributed by atoms with Crippen molar-refractivity contribution in [1.82, 2.24) is 0 Å². The van der Waals surface area contributed by atoms with Crippen LogP contribution in [-0.2, 0) is 9.59 Å². The van der Waals surface area contributed by atoms with Crippen LogP contribution in [0.1, 0.15) is 130 Å². The molecule has 0 bridgehead atoms. The number of carbonyl (C=O) groups excluding carboxylic acids is 2. The Morgan fingerprint density at radius 3 is 1.17 bits per heavy atom. The Morgan fingerprint density at radius 1 is 0.537 bits per heavy atom. The maximum absolute atomic E-state index is 13.6. The van der Waals surface area contributed by atoms with E-state index in [2.05, 4.69) is 99.4 Å². The fraction of sp³-hybridized carbons (Fsp3) is 0.609. The summed E-state index contributed by atoms with van der Waals surface area (Å²) < 4.78 is 23.8. The van der Waals surface area contributed by atoms with Gasteiger partial charge >= 0.3 is 0 Å². The van der Waals surface area contributed by atoms with E-state index in [1.54, 1.807) is 28.4 Å². The van der Waals surface area contributed by atoms with Gasteiger partial charge in [0.15, 0.2) is 23.0 Å². The highest BCUT2D eigenvalue weighted by Gasteiger charge is 2.53. The molecule has 2 aromatic carbocycles. The van der Waals surface area contributed by atoms with Crippen molar-refractivity contribution in [2.75, 3.05) is 28.4 Å². The molecule has 0 N–H and O–H groups in total. The highest BCUT2D eigenvalue weighted by Crippen LogP contribution is 2.62. The first kappa shape index (κ1) is 42.6. The van der Waals surface area contributed by atoms with Crippen LogP contribution in [0.3, 0.4) is 0 Å². The van der Waals surface area contributed by atoms with Crippen LogP contribution in [0.25, 0.3) is 0 Å². The highest BCUT2D eigenvalue weighted by atomic mass is 79.9. The molecule has 4 unspecified atom stereocenters. The van der Waals surface area contributed by atoms with Crippen molar-refractivity contribution in [2.45, 2.75) is 119 Å². The minimum Gasteiger partial charge on any atom is -0.493 e. The molecule has 54 heavy (non-hydrogen) atoms. The van der Waals surface area contributed by atoms with E-state index in [0.29, 0.717) is 34.6 Å². The van der Waals surface area contributed by atoms with Gasteiger partial charge in [0.2, 0.25) is 0 Å². The van der Waals surface area contributed by atoms with Gasteiger partial charge in [-0.3, -0.25) is 9.59 Å². The zero-order chi connectivity index (χ0) is 40.0. The SMILES string of the molecule is COc1cc(Br)c(C2C(=O)C(C)CC=C3C(C)(C)CCC[C@@]32C)cc1OC.COc1cc(Br)c(C2C(=O)C(C)CC=C3C(C)(C)CCC[C@]32C)cc1OC. The van der Waals surface area contributed by atoms with Gasteiger partial charge < -0.3 is 18.9 Å². The largest absolute Gasteiger partial charge is 0.493 e. The molecule has 4 aliphatic carbocycles. The molecule has 2 aromatic rings. The van der Waals surface area contributed by atoms with Crippen molar-refractivity contribution in [3.8, 4) is 23.0 Å². The van der Waals surface area contributed by atoms with Crippen molar-refractivity contribution in [3.63, 3.8) is 0 Å². The van der Waals surface area contributed by atoms with Gasteiger partial charge in [-0.2, -0.15) is 0 Å². The van der Waals surface area contributed by atoms with Crippen molar-refractivity contribution in [3.05, 3.63) is 67.6 Å². The molecular formula is C46H62Br2O6. The first-order chi connectivity index (χ1) is 25.3. The van der Waals surface area contributed by atoms with Crippen LogP contribution in [-0.4, -0.2) is 40.0 Å². The van der Waals surface area contributed by atoms with E-state index >= 15 is 0 Å². The number of methoxy groups -OCH3 is 4. The first-order valence-electron chi connectivity index (χ1n) is 19.6. The van der Waals surface area contributed by atoms with Crippen molar-refractivity contribution < 1.29 is 28.5 Å². The molecule has 6 atom stereocenters. The van der Waals surface area contributed by atoms with E-state index in [9.17, 15) is 9.59 Å². The van der Waals surface area contributed by atoms with Gasteiger partial charge in [-0.15, -0.1) is 0 Å². The molecule has 0 spiro atoms. The number of hydrogen-bond donors (Lipinski definition) is 0. The third-order valence-electron chi connectivity index (χ3n) is 13.5. The average Bonchev–Trinajstić information content (AvgIpc) is 3.28. The summed E-state index contributed by atoms with van der Waals surface area (Å²) in [7, 11) is 6.55. The van der Waals surface area contributed by atoms with E-state index in [4.69, 9.17) is 18.9 Å². The number of ether oxygens (including phenoxy) is 4. The summed E-state index contributed by atoms with van der Waals surface area (Å²) in [5, 5.41) is 0. The number of rotatable bonds is 6. The fourth-order valence-corrected chi connectivity index (χ4v) is 11.8. The molecule has 0 aliphatic heterocycles. The molecule has 4 aliphatic rings. The second kappa shape index (κ2) is 16.1. The molecule has 0 aromatic heterocycles. The predicted octanol–water partition coefficient (Wildman–Crippen LogP) is 12.6. The normalized spacial score (nSPS) is 30.2. The molecule has 0 radical (unpaired) electrons. The van der Waals surface area contributed by atoms with Crippen molar-refractivity contribution >= 4 is 43.4 Å². The lowest BCUT2D eigenvalue weighted by Crippen LogP contribution is -2.41. The van der Waals surface area contributed by atoms with E-state index in [1.807, 2.05) is 24.3 Å². The quantitative estimate of drug-likeness (QED) is 0.269. The summed E-state index contributed by atoms with van der Waals surface area (Å²) in [6.07, 6.45) is 13.1. The molecular weight excluding hydrogens is 808 g/mol. The number of benzene rings is 2. The van der Waals surface area contributed by atoms with Gasteiger partial charge in [0.25, 0.3) is 0 Å². The Bertz CT molecular complexity index is 1690. The Labute approximate surface area is 341 Å². The molecule has 8 heteroatoms. The molecule has 6 nitrogen and oxygen atoms in total. The Kier molecular flexibility index (Phi) is 12.7. The maximum Gasteiger partial charge on any atom is 0.161 e. The van der Waals surface area contributed by atoms with E-state index < -0.39 is 0 Å². The number of Topliss-reactive ketones (excluding diaryl/α,β-unsaturated/α-hetero) is 2. The maximum atomic E-state index is 13.6. The molecule has 6 rings (SSSR count). The Balaban J connectivity index is 0.000000208. The number of ketones is 2. The molecule has 0 saturated heterocycles. The zero-order valence-corrected chi connectivity index (χ0v) is 37.8. The van der Waals surface area contributed by atoms with Crippen LogP contribution in [0, 0.1) is 33.5 Å². The molecule has 2 fully saturated rings. The van der Waals surface area contributed by atoms with E-state index in [-0.39, 0.29) is 45.3 Å². The van der Waals surface area contributed by atoms with Gasteiger partial charge in [0.1, 0.15) is 11.6 Å². The third kappa shape index (κ3) is 7.61. The minimum absolute atomic E-state index is 0.0146. The summed E-state index contributed by atoms with van der Waals surface area (Å²) in [6.45, 7) is 18.0. The smallest absolute Gasteiger partial charge is 0.161 e. The zero-order valence-electron chi connectivity index (χ0n) is 34.6. The number of allylic oxidation sites excluding steroid dienone is 4. The third-order valence-corrected chi connectivity index (χ3v) is 14.9. The van der Waals surface area contributed by atoms with E-state index in [1.165, 1.54) is 24.0 Å². The number of halogens is 2. The van der Waals surface area contributed by atoms with Crippen LogP contribution >= 0.6 is 31.9 Å². The van der Waals surface area contributed by atoms with Crippen LogP contribution in [0.15, 0.2) is 56.5 Å². The van der Waals surface area contributed by atoms with Crippen LogP contribution in [0.4, 0.5) is 0 Å². The minimum atomic E-state index is -0.185. The summed E-state index contributed by atoms with van der Waals surface area (Å²) in [5.41, 5.74) is 4.82. The van der Waals surface area contributed by atoms with E-state index in [0.717, 1.165) is 58.6 Å². The Hall–Kier alpha value is -2.58. The predicted molar refractivity (Wildman–Crippen MR) is 225 cm³/mol. The number of hydrogen-bond acceptors (Lipinski definition) is 6. The lowest BCUT2D eigenvalue weighted by Gasteiger charge is -2.49. The lowest BCUT2D eigenvalue weighted by molar-refractivity contribution is -0.127. The molecule has 0 amide bonds. The average molecular weight is 871 g/mol. The highest BCUT2D eigenvalue weighted by molar-refractivity contribution is 9.10. The van der Waals surface area contributed by atoms with Crippen molar-refractivity contribution in [2.24, 2.45) is 33.5 Å². The summed E-state index contributed by atoms with van der Waals surface area (Å²) in [5.74, 6) is 3.00. The first-order valence-corrected chi connectivity index (χ1v) is 21.2.